The van der Waals surface area contributed by atoms with Crippen LogP contribution in [0.15, 0.2) is 18.2 Å². The molecule has 1 aromatic carbocycles. The van der Waals surface area contributed by atoms with Crippen LogP contribution in [0.4, 0.5) is 5.69 Å². The first kappa shape index (κ1) is 12.8. The minimum absolute atomic E-state index is 0.120. The van der Waals surface area contributed by atoms with Gasteiger partial charge in [0.2, 0.25) is 0 Å². The molecule has 1 N–H and O–H groups in total. The first-order chi connectivity index (χ1) is 7.42. The number of likely N-dealkylation sites (N-methyl/N-ethyl adjacent to an activating group) is 1. The molecule has 0 amide bonds. The van der Waals surface area contributed by atoms with E-state index in [4.69, 9.17) is 4.74 Å². The van der Waals surface area contributed by atoms with Gasteiger partial charge >= 0.3 is 0 Å². The molecule has 0 fully saturated rings. The maximum absolute atomic E-state index is 9.33. The number of nitrogens with zero attached hydrogens (tertiary/aromatic N) is 1. The van der Waals surface area contributed by atoms with Crippen molar-refractivity contribution in [3.05, 3.63) is 23.8 Å². The summed E-state index contributed by atoms with van der Waals surface area (Å²) in [6, 6.07) is 6.02. The van der Waals surface area contributed by atoms with Crippen molar-refractivity contribution in [2.75, 3.05) is 25.7 Å². The van der Waals surface area contributed by atoms with Crippen molar-refractivity contribution in [3.63, 3.8) is 0 Å². The second-order valence-corrected chi connectivity index (χ2v) is 4.68. The Balaban J connectivity index is 3.02. The van der Waals surface area contributed by atoms with Gasteiger partial charge in [0.15, 0.2) is 0 Å². The molecule has 0 unspecified atom stereocenters. The molecule has 0 saturated carbocycles. The van der Waals surface area contributed by atoms with Crippen LogP contribution in [0.25, 0.3) is 0 Å². The van der Waals surface area contributed by atoms with Crippen LogP contribution in [0, 0.1) is 6.92 Å². The van der Waals surface area contributed by atoms with E-state index in [0.29, 0.717) is 0 Å². The van der Waals surface area contributed by atoms with Gasteiger partial charge in [0, 0.05) is 12.7 Å². The first-order valence-electron chi connectivity index (χ1n) is 5.41. The molecule has 1 aromatic rings. The Morgan fingerprint density at radius 1 is 1.38 bits per heavy atom. The quantitative estimate of drug-likeness (QED) is 0.849. The fraction of sp³-hybridized carbons (Fsp3) is 0.538. The molecule has 0 atom stereocenters. The molecule has 3 heteroatoms. The van der Waals surface area contributed by atoms with Crippen LogP contribution in [-0.2, 0) is 0 Å². The number of aliphatic hydroxyl groups is 1. The third-order valence-corrected chi connectivity index (χ3v) is 3.06. The molecule has 0 aliphatic rings. The predicted molar refractivity (Wildman–Crippen MR) is 67.3 cm³/mol. The fourth-order valence-electron chi connectivity index (χ4n) is 1.53. The summed E-state index contributed by atoms with van der Waals surface area (Å²) in [7, 11) is 3.65. The van der Waals surface area contributed by atoms with Gasteiger partial charge in [-0.2, -0.15) is 0 Å². The Morgan fingerprint density at radius 3 is 2.44 bits per heavy atom. The van der Waals surface area contributed by atoms with Crippen molar-refractivity contribution in [3.8, 4) is 5.75 Å². The van der Waals surface area contributed by atoms with Crippen molar-refractivity contribution in [2.24, 2.45) is 0 Å². The summed E-state index contributed by atoms with van der Waals surface area (Å²) in [5.41, 5.74) is 1.92. The third-order valence-electron chi connectivity index (χ3n) is 3.06. The lowest BCUT2D eigenvalue weighted by Gasteiger charge is -2.36. The maximum atomic E-state index is 9.33. The molecule has 3 nitrogen and oxygen atoms in total. The van der Waals surface area contributed by atoms with E-state index in [9.17, 15) is 5.11 Å². The molecule has 0 saturated heterocycles. The molecule has 0 heterocycles. The Bertz CT molecular complexity index is 361. The number of hydrogen-bond acceptors (Lipinski definition) is 3. The molecular formula is C13H21NO2. The maximum Gasteiger partial charge on any atom is 0.121 e. The largest absolute Gasteiger partial charge is 0.496 e. The highest BCUT2D eigenvalue weighted by atomic mass is 16.5. The monoisotopic (exact) mass is 223 g/mol. The van der Waals surface area contributed by atoms with Crippen LogP contribution in [-0.4, -0.2) is 31.4 Å². The molecule has 90 valence electrons. The minimum Gasteiger partial charge on any atom is -0.496 e. The number of rotatable bonds is 4. The van der Waals surface area contributed by atoms with Gasteiger partial charge < -0.3 is 14.7 Å². The number of anilines is 1. The first-order valence-corrected chi connectivity index (χ1v) is 5.41. The standard InChI is InChI=1S/C13H21NO2/c1-10-8-11(6-7-12(10)16-5)14(4)13(2,3)9-15/h6-8,15H,9H2,1-5H3. The van der Waals surface area contributed by atoms with E-state index in [1.165, 1.54) is 0 Å². The third kappa shape index (κ3) is 2.47. The topological polar surface area (TPSA) is 32.7 Å². The number of benzene rings is 1. The van der Waals surface area contributed by atoms with Crippen LogP contribution in [0.3, 0.4) is 0 Å². The lowest BCUT2D eigenvalue weighted by atomic mass is 10.0. The fourth-order valence-corrected chi connectivity index (χ4v) is 1.53. The van der Waals surface area contributed by atoms with Gasteiger partial charge in [-0.15, -0.1) is 0 Å². The van der Waals surface area contributed by atoms with Crippen LogP contribution in [0.1, 0.15) is 19.4 Å². The van der Waals surface area contributed by atoms with E-state index in [2.05, 4.69) is 11.0 Å². The lowest BCUT2D eigenvalue weighted by Crippen LogP contribution is -2.44. The number of aryl methyl sites for hydroxylation is 1. The van der Waals surface area contributed by atoms with Crippen LogP contribution >= 0.6 is 0 Å². The van der Waals surface area contributed by atoms with E-state index in [-0.39, 0.29) is 12.1 Å². The lowest BCUT2D eigenvalue weighted by molar-refractivity contribution is 0.216. The smallest absolute Gasteiger partial charge is 0.121 e. The predicted octanol–water partition coefficient (Wildman–Crippen LogP) is 2.21. The zero-order chi connectivity index (χ0) is 12.3. The highest BCUT2D eigenvalue weighted by Crippen LogP contribution is 2.27. The normalized spacial score (nSPS) is 11.4. The van der Waals surface area contributed by atoms with Crippen molar-refractivity contribution in [1.29, 1.82) is 0 Å². The summed E-state index contributed by atoms with van der Waals surface area (Å²) in [6.07, 6.45) is 0. The van der Waals surface area contributed by atoms with Crippen LogP contribution in [0.5, 0.6) is 5.75 Å². The van der Waals surface area contributed by atoms with E-state index in [1.54, 1.807) is 7.11 Å². The van der Waals surface area contributed by atoms with E-state index >= 15 is 0 Å². The zero-order valence-corrected chi connectivity index (χ0v) is 10.7. The van der Waals surface area contributed by atoms with Gasteiger partial charge in [0.25, 0.3) is 0 Å². The Labute approximate surface area is 97.7 Å². The Morgan fingerprint density at radius 2 is 2.00 bits per heavy atom. The van der Waals surface area contributed by atoms with E-state index in [0.717, 1.165) is 17.0 Å². The average molecular weight is 223 g/mol. The Hall–Kier alpha value is -1.22. The van der Waals surface area contributed by atoms with Gasteiger partial charge in [0.1, 0.15) is 5.75 Å². The van der Waals surface area contributed by atoms with Crippen molar-refractivity contribution in [1.82, 2.24) is 0 Å². The van der Waals surface area contributed by atoms with E-state index in [1.807, 2.05) is 40.0 Å². The highest BCUT2D eigenvalue weighted by Gasteiger charge is 2.22. The molecular weight excluding hydrogens is 202 g/mol. The summed E-state index contributed by atoms with van der Waals surface area (Å²) in [5.74, 6) is 0.888. The zero-order valence-electron chi connectivity index (χ0n) is 10.7. The number of aliphatic hydroxyl groups excluding tert-OH is 1. The number of ether oxygens (including phenoxy) is 1. The molecule has 0 radical (unpaired) electrons. The van der Waals surface area contributed by atoms with Crippen molar-refractivity contribution in [2.45, 2.75) is 26.3 Å². The van der Waals surface area contributed by atoms with Crippen LogP contribution < -0.4 is 9.64 Å². The summed E-state index contributed by atoms with van der Waals surface area (Å²) in [4.78, 5) is 2.07. The van der Waals surface area contributed by atoms with Crippen molar-refractivity contribution < 1.29 is 9.84 Å². The second kappa shape index (κ2) is 4.74. The average Bonchev–Trinajstić information content (AvgIpc) is 2.27. The highest BCUT2D eigenvalue weighted by molar-refractivity contribution is 5.53. The second-order valence-electron chi connectivity index (χ2n) is 4.68. The van der Waals surface area contributed by atoms with Gasteiger partial charge in [-0.1, -0.05) is 0 Å². The summed E-state index contributed by atoms with van der Waals surface area (Å²) in [5, 5.41) is 9.33. The molecule has 0 bridgehead atoms. The molecule has 0 aliphatic heterocycles. The Kier molecular flexibility index (Phi) is 3.81. The SMILES string of the molecule is COc1ccc(N(C)C(C)(C)CO)cc1C. The summed E-state index contributed by atoms with van der Waals surface area (Å²) in [6.45, 7) is 6.15. The summed E-state index contributed by atoms with van der Waals surface area (Å²) >= 11 is 0. The van der Waals surface area contributed by atoms with Gasteiger partial charge in [0.05, 0.1) is 19.3 Å². The van der Waals surface area contributed by atoms with Gasteiger partial charge in [-0.05, 0) is 44.5 Å². The molecule has 0 aliphatic carbocycles. The number of hydrogen-bond donors (Lipinski definition) is 1. The van der Waals surface area contributed by atoms with Crippen LogP contribution in [0.2, 0.25) is 0 Å². The van der Waals surface area contributed by atoms with Gasteiger partial charge in [-0.3, -0.25) is 0 Å². The molecule has 0 aromatic heterocycles. The summed E-state index contributed by atoms with van der Waals surface area (Å²) < 4.78 is 5.22. The van der Waals surface area contributed by atoms with Crippen molar-refractivity contribution >= 4 is 5.69 Å². The van der Waals surface area contributed by atoms with E-state index < -0.39 is 0 Å². The molecule has 16 heavy (non-hydrogen) atoms. The molecule has 0 spiro atoms. The molecule has 1 rings (SSSR count). The van der Waals surface area contributed by atoms with Gasteiger partial charge in [-0.25, -0.2) is 0 Å². The number of methoxy groups -OCH3 is 1. The minimum atomic E-state index is -0.263.